The Kier molecular flexibility index (Phi) is 61.3. The lowest BCUT2D eigenvalue weighted by atomic mass is 10.1. The minimum Gasteiger partial charge on any atom is -0.462 e. The van der Waals surface area contributed by atoms with Gasteiger partial charge in [0.15, 0.2) is 6.10 Å². The van der Waals surface area contributed by atoms with Crippen LogP contribution >= 0.6 is 0 Å². The van der Waals surface area contributed by atoms with Crippen LogP contribution in [0.1, 0.15) is 303 Å². The highest BCUT2D eigenvalue weighted by Crippen LogP contribution is 2.15. The molecule has 0 radical (unpaired) electrons. The summed E-state index contributed by atoms with van der Waals surface area (Å²) in [6, 6.07) is 0. The maximum Gasteiger partial charge on any atom is 0.306 e. The molecule has 6 nitrogen and oxygen atoms in total. The molecule has 440 valence electrons. The smallest absolute Gasteiger partial charge is 0.306 e. The Morgan fingerprint density at radius 1 is 0.273 bits per heavy atom. The minimum atomic E-state index is -0.792. The quantitative estimate of drug-likeness (QED) is 0.0261. The van der Waals surface area contributed by atoms with E-state index in [1.54, 1.807) is 0 Å². The van der Waals surface area contributed by atoms with Crippen molar-refractivity contribution in [3.63, 3.8) is 0 Å². The normalized spacial score (nSPS) is 12.8. The first kappa shape index (κ1) is 73.1. The van der Waals surface area contributed by atoms with Crippen molar-refractivity contribution in [2.45, 2.75) is 309 Å². The SMILES string of the molecule is CC/C=C\C/C=C\C/C=C\C/C=C\C/C=C\C/C=C\C/C=C\CCCCCCCCCC(=O)OCC(COC(=O)CCCCCCC/C=C\CCCCCCCC)OC(=O)CCCCCCC/C=C\CCCCCCCC. The fraction of sp³-hybridized carbons (Fsp3) is 0.704. The number of carbonyl (C=O) groups excluding carboxylic acids is 3. The predicted octanol–water partition coefficient (Wildman–Crippen LogP) is 22.2. The van der Waals surface area contributed by atoms with E-state index in [4.69, 9.17) is 14.2 Å². The van der Waals surface area contributed by atoms with Crippen molar-refractivity contribution in [2.24, 2.45) is 0 Å². The Balaban J connectivity index is 4.35. The Morgan fingerprint density at radius 2 is 0.506 bits per heavy atom. The molecule has 0 aliphatic carbocycles. The van der Waals surface area contributed by atoms with Crippen LogP contribution in [0.3, 0.4) is 0 Å². The molecule has 0 bridgehead atoms. The van der Waals surface area contributed by atoms with E-state index >= 15 is 0 Å². The van der Waals surface area contributed by atoms with Crippen molar-refractivity contribution >= 4 is 17.9 Å². The molecule has 1 atom stereocenters. The summed E-state index contributed by atoms with van der Waals surface area (Å²) in [6.45, 7) is 6.51. The summed E-state index contributed by atoms with van der Waals surface area (Å²) in [5.74, 6) is -0.909. The number of ether oxygens (including phenoxy) is 3. The van der Waals surface area contributed by atoms with Crippen molar-refractivity contribution in [2.75, 3.05) is 13.2 Å². The average Bonchev–Trinajstić information content (AvgIpc) is 3.43. The Labute approximate surface area is 476 Å². The number of unbranched alkanes of at least 4 members (excludes halogenated alkanes) is 29. The number of carbonyl (C=O) groups is 3. The zero-order valence-electron chi connectivity index (χ0n) is 50.4. The molecule has 0 heterocycles. The summed E-state index contributed by atoms with van der Waals surface area (Å²) >= 11 is 0. The molecule has 0 saturated carbocycles. The second kappa shape index (κ2) is 64.6. The van der Waals surface area contributed by atoms with Gasteiger partial charge in [-0.25, -0.2) is 0 Å². The topological polar surface area (TPSA) is 78.9 Å². The van der Waals surface area contributed by atoms with Gasteiger partial charge >= 0.3 is 17.9 Å². The maximum absolute atomic E-state index is 12.9. The van der Waals surface area contributed by atoms with E-state index in [-0.39, 0.29) is 31.1 Å². The summed E-state index contributed by atoms with van der Waals surface area (Å²) in [4.78, 5) is 38.3. The average molecular weight is 1070 g/mol. The summed E-state index contributed by atoms with van der Waals surface area (Å²) in [5.41, 5.74) is 0. The van der Waals surface area contributed by atoms with Crippen LogP contribution in [-0.2, 0) is 28.6 Å². The van der Waals surface area contributed by atoms with E-state index in [0.29, 0.717) is 19.3 Å². The number of hydrogen-bond acceptors (Lipinski definition) is 6. The Hall–Kier alpha value is -3.93. The van der Waals surface area contributed by atoms with Crippen molar-refractivity contribution in [3.05, 3.63) is 109 Å². The van der Waals surface area contributed by atoms with Crippen LogP contribution in [0.15, 0.2) is 109 Å². The molecule has 0 saturated heterocycles. The third-order valence-corrected chi connectivity index (χ3v) is 13.7. The molecule has 0 spiro atoms. The van der Waals surface area contributed by atoms with Crippen LogP contribution in [0.25, 0.3) is 0 Å². The zero-order chi connectivity index (χ0) is 55.7. The molecule has 0 rings (SSSR count). The van der Waals surface area contributed by atoms with Gasteiger partial charge in [-0.15, -0.1) is 0 Å². The largest absolute Gasteiger partial charge is 0.462 e. The second-order valence-electron chi connectivity index (χ2n) is 21.3. The molecule has 0 amide bonds. The maximum atomic E-state index is 12.9. The molecular weight excluding hydrogens is 949 g/mol. The van der Waals surface area contributed by atoms with Crippen molar-refractivity contribution in [1.82, 2.24) is 0 Å². The van der Waals surface area contributed by atoms with Gasteiger partial charge in [0, 0.05) is 19.3 Å². The fourth-order valence-electron chi connectivity index (χ4n) is 8.88. The third kappa shape index (κ3) is 62.8. The van der Waals surface area contributed by atoms with E-state index in [9.17, 15) is 14.4 Å². The lowest BCUT2D eigenvalue weighted by molar-refractivity contribution is -0.167. The molecule has 0 aromatic carbocycles. The van der Waals surface area contributed by atoms with Gasteiger partial charge in [0.2, 0.25) is 0 Å². The van der Waals surface area contributed by atoms with Crippen LogP contribution in [0.4, 0.5) is 0 Å². The van der Waals surface area contributed by atoms with Crippen molar-refractivity contribution < 1.29 is 28.6 Å². The van der Waals surface area contributed by atoms with E-state index < -0.39 is 6.10 Å². The fourth-order valence-corrected chi connectivity index (χ4v) is 8.88. The van der Waals surface area contributed by atoms with Gasteiger partial charge in [0.25, 0.3) is 0 Å². The highest BCUT2D eigenvalue weighted by molar-refractivity contribution is 5.71. The molecule has 1 unspecified atom stereocenters. The third-order valence-electron chi connectivity index (χ3n) is 13.7. The number of esters is 3. The monoisotopic (exact) mass is 1070 g/mol. The predicted molar refractivity (Wildman–Crippen MR) is 334 cm³/mol. The van der Waals surface area contributed by atoms with E-state index in [1.807, 2.05) is 0 Å². The van der Waals surface area contributed by atoms with Crippen LogP contribution < -0.4 is 0 Å². The zero-order valence-corrected chi connectivity index (χ0v) is 50.4. The van der Waals surface area contributed by atoms with Gasteiger partial charge in [-0.2, -0.15) is 0 Å². The van der Waals surface area contributed by atoms with Crippen LogP contribution in [-0.4, -0.2) is 37.2 Å². The van der Waals surface area contributed by atoms with Gasteiger partial charge in [-0.1, -0.05) is 265 Å². The molecule has 0 aromatic heterocycles. The molecule has 6 heteroatoms. The van der Waals surface area contributed by atoms with Crippen LogP contribution in [0, 0.1) is 0 Å². The van der Waals surface area contributed by atoms with Gasteiger partial charge < -0.3 is 14.2 Å². The lowest BCUT2D eigenvalue weighted by Gasteiger charge is -2.18. The highest BCUT2D eigenvalue weighted by Gasteiger charge is 2.19. The standard InChI is InChI=1S/C71H120O6/c1-4-7-10-13-16-19-22-25-28-29-30-31-32-33-34-35-36-37-38-39-40-41-44-46-49-52-55-58-61-64-70(73)76-67-68(77-71(74)65-62-59-56-53-50-47-43-27-24-21-18-15-12-9-6-3)66-75-69(72)63-60-57-54-51-48-45-42-26-23-20-17-14-11-8-5-2/h7,10,16,19,25-28,30-31,33-34,36-37,39-40,42-43,68H,4-6,8-9,11-15,17-18,20-24,29,32,35,38,41,44-67H2,1-3H3/b10-7-,19-16-,28-25-,31-30-,34-33-,37-36-,40-39-,42-26-,43-27-. The summed E-state index contributed by atoms with van der Waals surface area (Å²) < 4.78 is 16.9. The van der Waals surface area contributed by atoms with Gasteiger partial charge in [-0.05, 0) is 128 Å². The molecule has 77 heavy (non-hydrogen) atoms. The van der Waals surface area contributed by atoms with Crippen molar-refractivity contribution in [3.8, 4) is 0 Å². The lowest BCUT2D eigenvalue weighted by Crippen LogP contribution is -2.30. The number of hydrogen-bond donors (Lipinski definition) is 0. The van der Waals surface area contributed by atoms with Gasteiger partial charge in [0.05, 0.1) is 0 Å². The van der Waals surface area contributed by atoms with Gasteiger partial charge in [0.1, 0.15) is 13.2 Å². The summed E-state index contributed by atoms with van der Waals surface area (Å²) in [6.07, 6.45) is 88.0. The highest BCUT2D eigenvalue weighted by atomic mass is 16.6. The molecule has 0 N–H and O–H groups in total. The first-order valence-corrected chi connectivity index (χ1v) is 32.4. The molecule has 0 fully saturated rings. The Morgan fingerprint density at radius 3 is 0.805 bits per heavy atom. The molecule has 0 aliphatic rings. The Bertz CT molecular complexity index is 1560. The van der Waals surface area contributed by atoms with E-state index in [0.717, 1.165) is 128 Å². The minimum absolute atomic E-state index is 0.0887. The molecular formula is C71H120O6. The second-order valence-corrected chi connectivity index (χ2v) is 21.3. The van der Waals surface area contributed by atoms with Crippen molar-refractivity contribution in [1.29, 1.82) is 0 Å². The molecule has 0 aliphatic heterocycles. The van der Waals surface area contributed by atoms with E-state index in [1.165, 1.54) is 135 Å². The van der Waals surface area contributed by atoms with Gasteiger partial charge in [-0.3, -0.25) is 14.4 Å². The first-order chi connectivity index (χ1) is 38.0. The van der Waals surface area contributed by atoms with Crippen LogP contribution in [0.2, 0.25) is 0 Å². The van der Waals surface area contributed by atoms with E-state index in [2.05, 4.69) is 130 Å². The molecule has 0 aromatic rings. The van der Waals surface area contributed by atoms with Crippen LogP contribution in [0.5, 0.6) is 0 Å². The summed E-state index contributed by atoms with van der Waals surface area (Å²) in [7, 11) is 0. The first-order valence-electron chi connectivity index (χ1n) is 32.4. The number of allylic oxidation sites excluding steroid dienone is 18. The number of rotatable bonds is 58. The summed E-state index contributed by atoms with van der Waals surface area (Å²) in [5, 5.41) is 0.